The zero-order valence-electron chi connectivity index (χ0n) is 13.3. The molecule has 1 aromatic heterocycles. The first-order valence-corrected chi connectivity index (χ1v) is 8.46. The van der Waals surface area contributed by atoms with E-state index in [4.69, 9.17) is 4.74 Å². The fourth-order valence-electron chi connectivity index (χ4n) is 2.30. The summed E-state index contributed by atoms with van der Waals surface area (Å²) in [5.74, 6) is 0.359. The fraction of sp³-hybridized carbons (Fsp3) is 0.316. The van der Waals surface area contributed by atoms with Crippen molar-refractivity contribution in [3.63, 3.8) is 0 Å². The molecule has 0 N–H and O–H groups in total. The minimum Gasteiger partial charge on any atom is -0.469 e. The fourth-order valence-corrected chi connectivity index (χ4v) is 2.96. The number of rotatable bonds is 6. The van der Waals surface area contributed by atoms with E-state index in [0.717, 1.165) is 0 Å². The van der Waals surface area contributed by atoms with Gasteiger partial charge in [0.05, 0.1) is 7.11 Å². The van der Waals surface area contributed by atoms with E-state index >= 15 is 0 Å². The highest BCUT2D eigenvalue weighted by Crippen LogP contribution is 2.27. The van der Waals surface area contributed by atoms with Crippen LogP contribution in [0.5, 0.6) is 0 Å². The van der Waals surface area contributed by atoms with E-state index in [1.54, 1.807) is 11.3 Å². The van der Waals surface area contributed by atoms with Crippen molar-refractivity contribution < 1.29 is 9.53 Å². The van der Waals surface area contributed by atoms with Gasteiger partial charge in [-0.1, -0.05) is 44.2 Å². The van der Waals surface area contributed by atoms with Crippen LogP contribution in [0.25, 0.3) is 5.57 Å². The number of hydrogen-bond donors (Lipinski definition) is 0. The number of thiophene rings is 1. The third kappa shape index (κ3) is 4.31. The summed E-state index contributed by atoms with van der Waals surface area (Å²) in [6.07, 6.45) is 3.22. The molecule has 0 saturated heterocycles. The van der Waals surface area contributed by atoms with Gasteiger partial charge >= 0.3 is 5.97 Å². The summed E-state index contributed by atoms with van der Waals surface area (Å²) >= 11 is 1.68. The van der Waals surface area contributed by atoms with Gasteiger partial charge in [0.15, 0.2) is 0 Å². The monoisotopic (exact) mass is 314 g/mol. The summed E-state index contributed by atoms with van der Waals surface area (Å²) in [4.78, 5) is 11.3. The second kappa shape index (κ2) is 7.95. The Kier molecular flexibility index (Phi) is 5.96. The molecular weight excluding hydrogens is 292 g/mol. The van der Waals surface area contributed by atoms with Gasteiger partial charge in [-0.15, -0.1) is 0 Å². The Balaban J connectivity index is 2.24. The van der Waals surface area contributed by atoms with E-state index < -0.39 is 0 Å². The Hall–Kier alpha value is -1.87. The molecule has 2 nitrogen and oxygen atoms in total. The highest BCUT2D eigenvalue weighted by Gasteiger charge is 2.07. The normalized spacial score (nSPS) is 11.7. The van der Waals surface area contributed by atoms with Crippen molar-refractivity contribution >= 4 is 22.9 Å². The number of esters is 1. The van der Waals surface area contributed by atoms with E-state index in [1.165, 1.54) is 29.4 Å². The number of hydrogen-bond acceptors (Lipinski definition) is 3. The van der Waals surface area contributed by atoms with Crippen molar-refractivity contribution in [2.75, 3.05) is 7.11 Å². The van der Waals surface area contributed by atoms with E-state index in [0.29, 0.717) is 18.8 Å². The van der Waals surface area contributed by atoms with Crippen LogP contribution >= 0.6 is 11.3 Å². The number of carbonyl (C=O) groups excluding carboxylic acids is 1. The van der Waals surface area contributed by atoms with Crippen molar-refractivity contribution in [1.82, 2.24) is 0 Å². The molecule has 0 atom stereocenters. The van der Waals surface area contributed by atoms with Crippen molar-refractivity contribution in [2.24, 2.45) is 0 Å². The molecule has 0 unspecified atom stereocenters. The molecule has 3 heteroatoms. The first kappa shape index (κ1) is 16.5. The van der Waals surface area contributed by atoms with Crippen molar-refractivity contribution in [1.29, 1.82) is 0 Å². The molecule has 1 aromatic carbocycles. The van der Waals surface area contributed by atoms with Gasteiger partial charge in [0.2, 0.25) is 0 Å². The van der Waals surface area contributed by atoms with Crippen LogP contribution in [0.3, 0.4) is 0 Å². The van der Waals surface area contributed by atoms with Gasteiger partial charge in [-0.2, -0.15) is 11.3 Å². The van der Waals surface area contributed by atoms with Crippen LogP contribution in [0, 0.1) is 0 Å². The van der Waals surface area contributed by atoms with E-state index in [9.17, 15) is 4.79 Å². The summed E-state index contributed by atoms with van der Waals surface area (Å²) in [5, 5.41) is 4.21. The third-order valence-electron chi connectivity index (χ3n) is 3.65. The van der Waals surface area contributed by atoms with Crippen molar-refractivity contribution in [3.05, 3.63) is 63.9 Å². The minimum atomic E-state index is -0.170. The van der Waals surface area contributed by atoms with Crippen LogP contribution in [0.2, 0.25) is 0 Å². The Labute approximate surface area is 136 Å². The lowest BCUT2D eigenvalue weighted by atomic mass is 9.95. The van der Waals surface area contributed by atoms with Crippen LogP contribution in [-0.2, 0) is 9.53 Å². The predicted molar refractivity (Wildman–Crippen MR) is 93.2 cm³/mol. The SMILES string of the molecule is COC(=O)CCC=C(c1ccc(C(C)C)cc1)c1ccsc1. The zero-order chi connectivity index (χ0) is 15.9. The lowest BCUT2D eigenvalue weighted by Crippen LogP contribution is -1.98. The second-order valence-corrected chi connectivity index (χ2v) is 6.30. The first-order valence-electron chi connectivity index (χ1n) is 7.51. The summed E-state index contributed by atoms with van der Waals surface area (Å²) in [6, 6.07) is 10.8. The van der Waals surface area contributed by atoms with Gasteiger partial charge in [-0.25, -0.2) is 0 Å². The Morgan fingerprint density at radius 2 is 1.91 bits per heavy atom. The topological polar surface area (TPSA) is 26.3 Å². The molecule has 22 heavy (non-hydrogen) atoms. The maximum atomic E-state index is 11.3. The number of allylic oxidation sites excluding steroid dienone is 1. The van der Waals surface area contributed by atoms with Gasteiger partial charge in [0.25, 0.3) is 0 Å². The van der Waals surface area contributed by atoms with Gasteiger partial charge in [0.1, 0.15) is 0 Å². The van der Waals surface area contributed by atoms with Crippen LogP contribution in [0.15, 0.2) is 47.2 Å². The molecule has 1 heterocycles. The quantitative estimate of drug-likeness (QED) is 0.680. The van der Waals surface area contributed by atoms with Crippen molar-refractivity contribution in [3.8, 4) is 0 Å². The lowest BCUT2D eigenvalue weighted by Gasteiger charge is -2.10. The maximum absolute atomic E-state index is 11.3. The molecule has 0 radical (unpaired) electrons. The minimum absolute atomic E-state index is 0.170. The predicted octanol–water partition coefficient (Wildman–Crippen LogP) is 5.26. The molecule has 2 rings (SSSR count). The summed E-state index contributed by atoms with van der Waals surface area (Å²) in [6.45, 7) is 4.39. The van der Waals surface area contributed by atoms with Gasteiger partial charge in [-0.3, -0.25) is 4.79 Å². The van der Waals surface area contributed by atoms with E-state index in [-0.39, 0.29) is 5.97 Å². The largest absolute Gasteiger partial charge is 0.469 e. The molecule has 0 aliphatic carbocycles. The average Bonchev–Trinajstić information content (AvgIpc) is 3.05. The lowest BCUT2D eigenvalue weighted by molar-refractivity contribution is -0.140. The van der Waals surface area contributed by atoms with Crippen LogP contribution in [-0.4, -0.2) is 13.1 Å². The highest BCUT2D eigenvalue weighted by molar-refractivity contribution is 7.08. The second-order valence-electron chi connectivity index (χ2n) is 5.52. The molecule has 116 valence electrons. The highest BCUT2D eigenvalue weighted by atomic mass is 32.1. The maximum Gasteiger partial charge on any atom is 0.305 e. The molecule has 0 aliphatic rings. The molecular formula is C19H22O2S. The number of carbonyl (C=O) groups is 1. The molecule has 0 saturated carbocycles. The van der Waals surface area contributed by atoms with E-state index in [1.807, 2.05) is 0 Å². The van der Waals surface area contributed by atoms with E-state index in [2.05, 4.69) is 61.0 Å². The molecule has 0 aliphatic heterocycles. The standard InChI is InChI=1S/C19H22O2S/c1-14(2)15-7-9-16(10-8-15)18(17-11-12-22-13-17)5-4-6-19(20)21-3/h5,7-14H,4,6H2,1-3H3. The summed E-state index contributed by atoms with van der Waals surface area (Å²) < 4.78 is 4.70. The smallest absolute Gasteiger partial charge is 0.305 e. The third-order valence-corrected chi connectivity index (χ3v) is 4.33. The number of benzene rings is 1. The molecule has 0 amide bonds. The van der Waals surface area contributed by atoms with Gasteiger partial charge < -0.3 is 4.74 Å². The molecule has 0 fully saturated rings. The van der Waals surface area contributed by atoms with Crippen LogP contribution in [0.1, 0.15) is 49.3 Å². The molecule has 2 aromatic rings. The van der Waals surface area contributed by atoms with Crippen LogP contribution < -0.4 is 0 Å². The summed E-state index contributed by atoms with van der Waals surface area (Å²) in [5.41, 5.74) is 4.91. The number of ether oxygens (including phenoxy) is 1. The van der Waals surface area contributed by atoms with Crippen molar-refractivity contribution in [2.45, 2.75) is 32.6 Å². The Morgan fingerprint density at radius 1 is 1.18 bits per heavy atom. The zero-order valence-corrected chi connectivity index (χ0v) is 14.2. The molecule has 0 spiro atoms. The van der Waals surface area contributed by atoms with Gasteiger partial charge in [0, 0.05) is 6.42 Å². The average molecular weight is 314 g/mol. The van der Waals surface area contributed by atoms with Crippen LogP contribution in [0.4, 0.5) is 0 Å². The van der Waals surface area contributed by atoms with Gasteiger partial charge in [-0.05, 0) is 51.4 Å². The Morgan fingerprint density at radius 3 is 2.45 bits per heavy atom. The Bertz CT molecular complexity index is 622. The first-order chi connectivity index (χ1) is 10.6. The number of methoxy groups -OCH3 is 1. The molecule has 0 bridgehead atoms. The summed E-state index contributed by atoms with van der Waals surface area (Å²) in [7, 11) is 1.43.